The number of benzene rings is 1. The smallest absolute Gasteiger partial charge is 0.0619 e. The first-order chi connectivity index (χ1) is 9.53. The highest BCUT2D eigenvalue weighted by atomic mass is 35.5. The lowest BCUT2D eigenvalue weighted by Gasteiger charge is -2.33. The van der Waals surface area contributed by atoms with Crippen LogP contribution in [0.25, 0.3) is 0 Å². The van der Waals surface area contributed by atoms with Gasteiger partial charge in [-0.05, 0) is 43.9 Å². The number of ether oxygens (including phenoxy) is 1. The molecule has 0 aromatic heterocycles. The third-order valence-corrected chi connectivity index (χ3v) is 4.73. The molecule has 2 nitrogen and oxygen atoms in total. The van der Waals surface area contributed by atoms with Gasteiger partial charge < -0.3 is 10.1 Å². The Bertz CT molecular complexity index is 435. The van der Waals surface area contributed by atoms with Gasteiger partial charge >= 0.3 is 0 Å². The summed E-state index contributed by atoms with van der Waals surface area (Å²) in [7, 11) is 0. The van der Waals surface area contributed by atoms with Crippen molar-refractivity contribution in [3.8, 4) is 0 Å². The molecule has 1 heterocycles. The highest BCUT2D eigenvalue weighted by Gasteiger charge is 2.41. The summed E-state index contributed by atoms with van der Waals surface area (Å²) in [6, 6.07) is 8.17. The van der Waals surface area contributed by atoms with Gasteiger partial charge in [0.15, 0.2) is 0 Å². The summed E-state index contributed by atoms with van der Waals surface area (Å²) in [6.07, 6.45) is 2.36. The monoisotopic (exact) mass is 295 g/mol. The van der Waals surface area contributed by atoms with Crippen LogP contribution in [0.15, 0.2) is 24.3 Å². The SMILES string of the molecule is CC(C)CNCC1(Cc2ccccc2Cl)CCOC1C. The molecule has 0 radical (unpaired) electrons. The molecule has 1 aliphatic rings. The summed E-state index contributed by atoms with van der Waals surface area (Å²) in [5.74, 6) is 0.671. The Labute approximate surface area is 127 Å². The van der Waals surface area contributed by atoms with Crippen molar-refractivity contribution in [1.82, 2.24) is 5.32 Å². The zero-order valence-corrected chi connectivity index (χ0v) is 13.5. The van der Waals surface area contributed by atoms with E-state index in [-0.39, 0.29) is 11.5 Å². The first-order valence-electron chi connectivity index (χ1n) is 7.59. The second-order valence-corrected chi connectivity index (χ2v) is 6.83. The van der Waals surface area contributed by atoms with Gasteiger partial charge in [0.2, 0.25) is 0 Å². The summed E-state index contributed by atoms with van der Waals surface area (Å²) < 4.78 is 5.86. The van der Waals surface area contributed by atoms with Crippen LogP contribution < -0.4 is 5.32 Å². The topological polar surface area (TPSA) is 21.3 Å². The average molecular weight is 296 g/mol. The van der Waals surface area contributed by atoms with Crippen LogP contribution in [-0.4, -0.2) is 25.8 Å². The molecular formula is C17H26ClNO. The molecule has 1 aliphatic heterocycles. The molecule has 2 rings (SSSR count). The predicted molar refractivity (Wildman–Crippen MR) is 85.3 cm³/mol. The van der Waals surface area contributed by atoms with Crippen molar-refractivity contribution in [3.05, 3.63) is 34.9 Å². The summed E-state index contributed by atoms with van der Waals surface area (Å²) >= 11 is 6.34. The molecule has 1 aromatic rings. The third-order valence-electron chi connectivity index (χ3n) is 4.36. The van der Waals surface area contributed by atoms with Crippen molar-refractivity contribution in [1.29, 1.82) is 0 Å². The first kappa shape index (κ1) is 15.8. The van der Waals surface area contributed by atoms with Crippen molar-refractivity contribution in [2.45, 2.75) is 39.7 Å². The van der Waals surface area contributed by atoms with E-state index in [0.717, 1.165) is 37.6 Å². The Morgan fingerprint density at radius 3 is 2.75 bits per heavy atom. The van der Waals surface area contributed by atoms with Gasteiger partial charge in [-0.2, -0.15) is 0 Å². The Morgan fingerprint density at radius 2 is 2.15 bits per heavy atom. The number of hydrogen-bond donors (Lipinski definition) is 1. The predicted octanol–water partition coefficient (Wildman–Crippen LogP) is 3.92. The number of rotatable bonds is 6. The van der Waals surface area contributed by atoms with Crippen LogP contribution in [0.4, 0.5) is 0 Å². The summed E-state index contributed by atoms with van der Waals surface area (Å²) in [6.45, 7) is 9.58. The zero-order valence-electron chi connectivity index (χ0n) is 12.8. The number of hydrogen-bond acceptors (Lipinski definition) is 2. The fourth-order valence-electron chi connectivity index (χ4n) is 2.98. The van der Waals surface area contributed by atoms with Crippen LogP contribution in [0.5, 0.6) is 0 Å². The molecule has 3 heteroatoms. The van der Waals surface area contributed by atoms with E-state index in [1.807, 2.05) is 12.1 Å². The molecule has 2 unspecified atom stereocenters. The van der Waals surface area contributed by atoms with Gasteiger partial charge in [0, 0.05) is 23.6 Å². The van der Waals surface area contributed by atoms with Gasteiger partial charge in [0.1, 0.15) is 0 Å². The molecule has 1 N–H and O–H groups in total. The maximum Gasteiger partial charge on any atom is 0.0619 e. The minimum Gasteiger partial charge on any atom is -0.378 e. The molecule has 0 saturated carbocycles. The van der Waals surface area contributed by atoms with Gasteiger partial charge in [0.05, 0.1) is 6.10 Å². The van der Waals surface area contributed by atoms with Crippen LogP contribution >= 0.6 is 11.6 Å². The van der Waals surface area contributed by atoms with Gasteiger partial charge in [-0.1, -0.05) is 43.6 Å². The van der Waals surface area contributed by atoms with E-state index in [2.05, 4.69) is 38.2 Å². The second kappa shape index (κ2) is 6.93. The summed E-state index contributed by atoms with van der Waals surface area (Å²) in [4.78, 5) is 0. The number of halogens is 1. The van der Waals surface area contributed by atoms with Crippen molar-refractivity contribution in [2.24, 2.45) is 11.3 Å². The standard InChI is InChI=1S/C17H26ClNO/c1-13(2)11-19-12-17(8-9-20-14(17)3)10-15-6-4-5-7-16(15)18/h4-7,13-14,19H,8-12H2,1-3H3. The molecular weight excluding hydrogens is 270 g/mol. The van der Waals surface area contributed by atoms with Crippen LogP contribution in [-0.2, 0) is 11.2 Å². The molecule has 0 spiro atoms. The lowest BCUT2D eigenvalue weighted by molar-refractivity contribution is 0.0627. The van der Waals surface area contributed by atoms with Crippen LogP contribution in [0, 0.1) is 11.3 Å². The highest BCUT2D eigenvalue weighted by Crippen LogP contribution is 2.39. The van der Waals surface area contributed by atoms with Crippen LogP contribution in [0.1, 0.15) is 32.8 Å². The van der Waals surface area contributed by atoms with E-state index in [0.29, 0.717) is 5.92 Å². The summed E-state index contributed by atoms with van der Waals surface area (Å²) in [5, 5.41) is 4.48. The Morgan fingerprint density at radius 1 is 1.40 bits per heavy atom. The van der Waals surface area contributed by atoms with Crippen molar-refractivity contribution >= 4 is 11.6 Å². The minimum absolute atomic E-state index is 0.167. The normalized spacial score (nSPS) is 26.4. The molecule has 20 heavy (non-hydrogen) atoms. The fourth-order valence-corrected chi connectivity index (χ4v) is 3.18. The highest BCUT2D eigenvalue weighted by molar-refractivity contribution is 6.31. The Hall–Kier alpha value is -0.570. The molecule has 0 aliphatic carbocycles. The molecule has 1 aromatic carbocycles. The lowest BCUT2D eigenvalue weighted by Crippen LogP contribution is -2.42. The average Bonchev–Trinajstić information content (AvgIpc) is 2.74. The van der Waals surface area contributed by atoms with Gasteiger partial charge in [-0.25, -0.2) is 0 Å². The second-order valence-electron chi connectivity index (χ2n) is 6.42. The quantitative estimate of drug-likeness (QED) is 0.859. The van der Waals surface area contributed by atoms with Gasteiger partial charge in [-0.15, -0.1) is 0 Å². The molecule has 1 saturated heterocycles. The molecule has 112 valence electrons. The molecule has 2 atom stereocenters. The summed E-state index contributed by atoms with van der Waals surface area (Å²) in [5.41, 5.74) is 1.40. The van der Waals surface area contributed by atoms with Crippen LogP contribution in [0.2, 0.25) is 5.02 Å². The Kier molecular flexibility index (Phi) is 5.48. The van der Waals surface area contributed by atoms with Gasteiger partial charge in [-0.3, -0.25) is 0 Å². The van der Waals surface area contributed by atoms with E-state index in [4.69, 9.17) is 16.3 Å². The van der Waals surface area contributed by atoms with E-state index < -0.39 is 0 Å². The van der Waals surface area contributed by atoms with Crippen LogP contribution in [0.3, 0.4) is 0 Å². The van der Waals surface area contributed by atoms with E-state index in [1.165, 1.54) is 5.56 Å². The van der Waals surface area contributed by atoms with E-state index >= 15 is 0 Å². The number of nitrogens with one attached hydrogen (secondary N) is 1. The van der Waals surface area contributed by atoms with E-state index in [9.17, 15) is 0 Å². The minimum atomic E-state index is 0.167. The third kappa shape index (κ3) is 3.75. The Balaban J connectivity index is 2.09. The van der Waals surface area contributed by atoms with E-state index in [1.54, 1.807) is 0 Å². The first-order valence-corrected chi connectivity index (χ1v) is 7.97. The van der Waals surface area contributed by atoms with Crippen molar-refractivity contribution in [2.75, 3.05) is 19.7 Å². The maximum absolute atomic E-state index is 6.34. The zero-order chi connectivity index (χ0) is 14.6. The fraction of sp³-hybridized carbons (Fsp3) is 0.647. The lowest BCUT2D eigenvalue weighted by atomic mass is 9.76. The molecule has 1 fully saturated rings. The van der Waals surface area contributed by atoms with Gasteiger partial charge in [0.25, 0.3) is 0 Å². The van der Waals surface area contributed by atoms with Crippen molar-refractivity contribution < 1.29 is 4.74 Å². The molecule has 0 amide bonds. The largest absolute Gasteiger partial charge is 0.378 e. The molecule has 0 bridgehead atoms. The maximum atomic E-state index is 6.34. The van der Waals surface area contributed by atoms with Crippen molar-refractivity contribution in [3.63, 3.8) is 0 Å².